The molecule has 120 valence electrons. The maximum atomic E-state index is 7.80. The first-order valence-corrected chi connectivity index (χ1v) is 8.53. The molecule has 0 unspecified atom stereocenters. The van der Waals surface area contributed by atoms with Crippen molar-refractivity contribution in [3.05, 3.63) is 107 Å². The van der Waals surface area contributed by atoms with Crippen molar-refractivity contribution in [3.63, 3.8) is 0 Å². The Morgan fingerprint density at radius 2 is 1.56 bits per heavy atom. The Morgan fingerprint density at radius 3 is 2.16 bits per heavy atom. The van der Waals surface area contributed by atoms with Crippen LogP contribution in [0.3, 0.4) is 0 Å². The normalized spacial score (nSPS) is 12.0. The molecule has 1 heteroatoms. The van der Waals surface area contributed by atoms with Gasteiger partial charge in [-0.1, -0.05) is 86.5 Å². The first kappa shape index (κ1) is 18.8. The molecule has 0 bridgehead atoms. The maximum absolute atomic E-state index is 7.80. The Bertz CT molecular complexity index is 799. The summed E-state index contributed by atoms with van der Waals surface area (Å²) < 4.78 is 7.80. The molecule has 3 aromatic rings. The van der Waals surface area contributed by atoms with Gasteiger partial charge < -0.3 is 0 Å². The Hall–Kier alpha value is -0.964. The van der Waals surface area contributed by atoms with Gasteiger partial charge in [0.1, 0.15) is 0 Å². The fraction of sp³-hybridized carbons (Fsp3) is 0.167. The summed E-state index contributed by atoms with van der Waals surface area (Å²) in [6.07, 6.45) is 2.09. The van der Waals surface area contributed by atoms with Crippen LogP contribution in [0.4, 0.5) is 0 Å². The van der Waals surface area contributed by atoms with Gasteiger partial charge in [-0.25, -0.2) is 0 Å². The van der Waals surface area contributed by atoms with Crippen LogP contribution in [0.5, 0.6) is 0 Å². The van der Waals surface area contributed by atoms with Gasteiger partial charge in [0.15, 0.2) is 0 Å². The van der Waals surface area contributed by atoms with Gasteiger partial charge in [-0.2, -0.15) is 29.8 Å². The first-order valence-electron chi connectivity index (χ1n) is 9.03. The monoisotopic (exact) mass is 351 g/mol. The molecule has 0 amide bonds. The number of allylic oxidation sites excluding steroid dienone is 1. The van der Waals surface area contributed by atoms with E-state index in [0.29, 0.717) is 6.04 Å². The van der Waals surface area contributed by atoms with Crippen LogP contribution in [0.15, 0.2) is 78.8 Å². The van der Waals surface area contributed by atoms with Gasteiger partial charge in [-0.15, -0.1) is 5.56 Å². The summed E-state index contributed by atoms with van der Waals surface area (Å²) in [4.78, 5) is 0. The quantitative estimate of drug-likeness (QED) is 0.375. The largest absolute Gasteiger partial charge is 1.00 e. The average molecular weight is 352 g/mol. The molecule has 0 aliphatic carbocycles. The number of hydrogen-bond acceptors (Lipinski definition) is 0. The van der Waals surface area contributed by atoms with Crippen LogP contribution in [-0.2, 0) is 0 Å². The third-order valence-corrected chi connectivity index (χ3v) is 4.19. The third kappa shape index (κ3) is 5.26. The van der Waals surface area contributed by atoms with Crippen LogP contribution in [0, 0.1) is 13.0 Å². The summed E-state index contributed by atoms with van der Waals surface area (Å²) in [7, 11) is 0. The van der Waals surface area contributed by atoms with E-state index in [1.54, 1.807) is 0 Å². The zero-order valence-corrected chi connectivity index (χ0v) is 18.5. The molecule has 0 fully saturated rings. The van der Waals surface area contributed by atoms with Crippen molar-refractivity contribution in [3.8, 4) is 0 Å². The molecule has 0 saturated heterocycles. The number of rotatable bonds is 5. The smallest absolute Gasteiger partial charge is 0.180 e. The van der Waals surface area contributed by atoms with Gasteiger partial charge in [0.05, 0.1) is 1.37 Å². The van der Waals surface area contributed by atoms with Crippen molar-refractivity contribution in [1.29, 1.82) is 0 Å². The van der Waals surface area contributed by atoms with Crippen molar-refractivity contribution in [1.82, 2.24) is 0 Å². The van der Waals surface area contributed by atoms with E-state index in [4.69, 9.17) is 1.37 Å². The molecule has 0 radical (unpaired) electrons. The third-order valence-electron chi connectivity index (χ3n) is 4.19. The van der Waals surface area contributed by atoms with E-state index in [1.165, 1.54) is 22.3 Å². The standard InChI is InChI=1S/C24H23.K/c1-3-10-23(20-11-6-4-7-12-20)24(21-13-8-5-9-14-21)22-17-15-19(2)16-18-22;/h4-9,11-15,17-18H,3,10H2,1-2H3;/q-1;+1/b24-23+;/i5D;. The number of benzene rings is 3. The van der Waals surface area contributed by atoms with Crippen LogP contribution >= 0.6 is 0 Å². The molecule has 0 atom stereocenters. The van der Waals surface area contributed by atoms with E-state index in [9.17, 15) is 0 Å². The molecule has 0 aromatic heterocycles. The molecule has 0 N–H and O–H groups in total. The fourth-order valence-electron chi connectivity index (χ4n) is 3.03. The molecule has 25 heavy (non-hydrogen) atoms. The predicted molar refractivity (Wildman–Crippen MR) is 104 cm³/mol. The van der Waals surface area contributed by atoms with E-state index in [0.717, 1.165) is 24.0 Å². The van der Waals surface area contributed by atoms with Crippen LogP contribution in [0.25, 0.3) is 11.1 Å². The van der Waals surface area contributed by atoms with Crippen molar-refractivity contribution < 1.29 is 52.8 Å². The minimum Gasteiger partial charge on any atom is -0.180 e. The number of aryl methyl sites for hydroxylation is 1. The van der Waals surface area contributed by atoms with E-state index in [-0.39, 0.29) is 51.4 Å². The van der Waals surface area contributed by atoms with Crippen LogP contribution in [0.1, 0.15) is 43.4 Å². The van der Waals surface area contributed by atoms with Gasteiger partial charge in [0.25, 0.3) is 0 Å². The fourth-order valence-corrected chi connectivity index (χ4v) is 3.03. The van der Waals surface area contributed by atoms with Crippen molar-refractivity contribution in [2.24, 2.45) is 0 Å². The zero-order valence-electron chi connectivity index (χ0n) is 16.3. The molecule has 0 saturated carbocycles. The van der Waals surface area contributed by atoms with Crippen molar-refractivity contribution in [2.75, 3.05) is 0 Å². The van der Waals surface area contributed by atoms with Crippen molar-refractivity contribution >= 4 is 11.1 Å². The zero-order chi connectivity index (χ0) is 17.6. The van der Waals surface area contributed by atoms with Crippen LogP contribution in [0.2, 0.25) is 0 Å². The second kappa shape index (κ2) is 10.2. The first-order chi connectivity index (χ1) is 12.2. The Kier molecular flexibility index (Phi) is 7.71. The molecular formula is C24H23K. The molecule has 0 aliphatic heterocycles. The summed E-state index contributed by atoms with van der Waals surface area (Å²) in [5.74, 6) is 0. The summed E-state index contributed by atoms with van der Waals surface area (Å²) in [5, 5.41) is 0. The molecule has 0 nitrogen and oxygen atoms in total. The average Bonchev–Trinajstić information content (AvgIpc) is 2.65. The van der Waals surface area contributed by atoms with E-state index < -0.39 is 0 Å². The van der Waals surface area contributed by atoms with Gasteiger partial charge in [-0.05, 0) is 23.1 Å². The molecular weight excluding hydrogens is 327 g/mol. The summed E-state index contributed by atoms with van der Waals surface area (Å²) in [6, 6.07) is 28.7. The second-order valence-electron chi connectivity index (χ2n) is 6.02. The Balaban J connectivity index is 0.00000243. The minimum absolute atomic E-state index is 0. The topological polar surface area (TPSA) is 0 Å². The Morgan fingerprint density at radius 1 is 0.880 bits per heavy atom. The molecule has 3 rings (SSSR count). The minimum atomic E-state index is 0. The van der Waals surface area contributed by atoms with E-state index in [2.05, 4.69) is 80.6 Å². The van der Waals surface area contributed by atoms with Crippen LogP contribution in [-0.4, -0.2) is 0 Å². The van der Waals surface area contributed by atoms with Gasteiger partial charge >= 0.3 is 51.4 Å². The summed E-state index contributed by atoms with van der Waals surface area (Å²) >= 11 is 0. The summed E-state index contributed by atoms with van der Waals surface area (Å²) in [6.45, 7) is 4.28. The molecule has 0 aliphatic rings. The van der Waals surface area contributed by atoms with E-state index in [1.807, 2.05) is 12.1 Å². The van der Waals surface area contributed by atoms with Crippen LogP contribution < -0.4 is 51.4 Å². The molecule has 0 heterocycles. The molecule has 3 aromatic carbocycles. The van der Waals surface area contributed by atoms with Gasteiger partial charge in [0.2, 0.25) is 0 Å². The second-order valence-corrected chi connectivity index (χ2v) is 6.02. The maximum Gasteiger partial charge on any atom is 1.00 e. The molecule has 0 spiro atoms. The summed E-state index contributed by atoms with van der Waals surface area (Å²) in [5.41, 5.74) is 7.31. The van der Waals surface area contributed by atoms with E-state index >= 15 is 0 Å². The Labute approximate surface area is 195 Å². The SMILES string of the molecule is [2H]c1ccc(/C(=C(/CCC)c2ccccc2)c2c[c-]c(C)cc2)cc1.[K+]. The van der Waals surface area contributed by atoms with Gasteiger partial charge in [-0.3, -0.25) is 0 Å². The number of hydrogen-bond donors (Lipinski definition) is 0. The van der Waals surface area contributed by atoms with Crippen molar-refractivity contribution in [2.45, 2.75) is 26.7 Å². The predicted octanol–water partition coefficient (Wildman–Crippen LogP) is 3.56. The van der Waals surface area contributed by atoms with Gasteiger partial charge in [0, 0.05) is 0 Å².